The van der Waals surface area contributed by atoms with Gasteiger partial charge in [0, 0.05) is 95.3 Å². The maximum atomic E-state index is 13.1. The number of nitrogens with zero attached hydrogens (tertiary/aromatic N) is 7. The number of hydrogen-bond donors (Lipinski definition) is 3. The molecule has 4 aliphatic rings. The first-order valence-corrected chi connectivity index (χ1v) is 19.8. The lowest BCUT2D eigenvalue weighted by molar-refractivity contribution is -0.125. The monoisotopic (exact) mass is 736 g/mol. The van der Waals surface area contributed by atoms with Crippen LogP contribution in [-0.4, -0.2) is 120 Å². The van der Waals surface area contributed by atoms with Crippen molar-refractivity contribution in [1.82, 2.24) is 39.9 Å². The molecule has 7 rings (SSSR count). The van der Waals surface area contributed by atoms with Crippen LogP contribution in [0.1, 0.15) is 86.3 Å². The van der Waals surface area contributed by atoms with Crippen molar-refractivity contribution in [2.45, 2.75) is 82.5 Å². The van der Waals surface area contributed by atoms with Gasteiger partial charge in [0.15, 0.2) is 0 Å². The van der Waals surface area contributed by atoms with Gasteiger partial charge in [-0.3, -0.25) is 29.5 Å². The van der Waals surface area contributed by atoms with Crippen LogP contribution < -0.4 is 20.9 Å². The normalized spacial score (nSPS) is 21.8. The van der Waals surface area contributed by atoms with Gasteiger partial charge in [0.25, 0.3) is 5.91 Å². The van der Waals surface area contributed by atoms with Crippen LogP contribution in [0.15, 0.2) is 60.5 Å². The van der Waals surface area contributed by atoms with Gasteiger partial charge in [-0.25, -0.2) is 4.98 Å². The highest BCUT2D eigenvalue weighted by molar-refractivity contribution is 5.97. The van der Waals surface area contributed by atoms with E-state index >= 15 is 0 Å². The van der Waals surface area contributed by atoms with Crippen LogP contribution in [0.2, 0.25) is 0 Å². The number of benzene rings is 1. The highest BCUT2D eigenvalue weighted by atomic mass is 16.2. The lowest BCUT2D eigenvalue weighted by Crippen LogP contribution is -2.55. The van der Waals surface area contributed by atoms with Gasteiger partial charge in [-0.1, -0.05) is 38.0 Å². The Hall–Kier alpha value is -4.75. The number of amides is 3. The molecule has 1 aromatic carbocycles. The topological polar surface area (TPSA) is 131 Å². The molecule has 288 valence electrons. The second kappa shape index (κ2) is 17.2. The van der Waals surface area contributed by atoms with E-state index in [0.717, 1.165) is 69.7 Å². The molecule has 2 saturated heterocycles. The first-order chi connectivity index (χ1) is 26.2. The van der Waals surface area contributed by atoms with Crippen molar-refractivity contribution in [2.75, 3.05) is 70.1 Å². The van der Waals surface area contributed by atoms with Crippen molar-refractivity contribution in [3.05, 3.63) is 71.7 Å². The summed E-state index contributed by atoms with van der Waals surface area (Å²) in [6.07, 6.45) is 16.6. The van der Waals surface area contributed by atoms with Gasteiger partial charge in [-0.15, -0.1) is 0 Å². The number of dihydropyridines is 1. The maximum absolute atomic E-state index is 13.1. The summed E-state index contributed by atoms with van der Waals surface area (Å²) in [6.45, 7) is 9.39. The second-order valence-corrected chi connectivity index (χ2v) is 15.6. The van der Waals surface area contributed by atoms with Gasteiger partial charge < -0.3 is 25.0 Å². The number of anilines is 2. The fourth-order valence-corrected chi connectivity index (χ4v) is 8.59. The fraction of sp³-hybridized carbons (Fsp3) is 0.537. The third-order valence-electron chi connectivity index (χ3n) is 11.7. The van der Waals surface area contributed by atoms with Crippen molar-refractivity contribution in [3.63, 3.8) is 0 Å². The molecular formula is C41H56N10O3. The third-order valence-corrected chi connectivity index (χ3v) is 11.7. The minimum Gasteiger partial charge on any atom is -0.369 e. The summed E-state index contributed by atoms with van der Waals surface area (Å²) in [4.78, 5) is 54.2. The summed E-state index contributed by atoms with van der Waals surface area (Å²) < 4.78 is 2.15. The van der Waals surface area contributed by atoms with E-state index in [1.165, 1.54) is 42.5 Å². The highest BCUT2D eigenvalue weighted by Crippen LogP contribution is 2.35. The van der Waals surface area contributed by atoms with Gasteiger partial charge in [-0.2, -0.15) is 4.98 Å². The van der Waals surface area contributed by atoms with Crippen LogP contribution in [0.3, 0.4) is 0 Å². The minimum atomic E-state index is -0.226. The molecule has 1 aliphatic carbocycles. The second-order valence-electron chi connectivity index (χ2n) is 15.6. The molecule has 3 aromatic rings. The molecule has 0 spiro atoms. The number of carbonyl (C=O) groups excluding carboxylic acids is 3. The van der Waals surface area contributed by atoms with Gasteiger partial charge in [0.1, 0.15) is 17.5 Å². The zero-order chi connectivity index (χ0) is 37.6. The number of aromatic nitrogens is 3. The number of carbonyl (C=O) groups is 3. The van der Waals surface area contributed by atoms with E-state index in [4.69, 9.17) is 4.98 Å². The Balaban J connectivity index is 0.882. The van der Waals surface area contributed by atoms with Gasteiger partial charge >= 0.3 is 0 Å². The zero-order valence-electron chi connectivity index (χ0n) is 32.0. The Morgan fingerprint density at radius 1 is 1.02 bits per heavy atom. The number of rotatable bonds is 13. The zero-order valence-corrected chi connectivity index (χ0v) is 32.0. The molecule has 0 bridgehead atoms. The molecule has 3 amide bonds. The molecule has 5 heterocycles. The average Bonchev–Trinajstić information content (AvgIpc) is 3.86. The van der Waals surface area contributed by atoms with Crippen molar-refractivity contribution in [2.24, 2.45) is 0 Å². The van der Waals surface area contributed by atoms with Crippen LogP contribution in [0, 0.1) is 0 Å². The number of hydrogen-bond acceptors (Lipinski definition) is 10. The van der Waals surface area contributed by atoms with E-state index in [0.29, 0.717) is 36.9 Å². The van der Waals surface area contributed by atoms with Gasteiger partial charge in [0.05, 0.1) is 0 Å². The lowest BCUT2D eigenvalue weighted by atomic mass is 9.95. The van der Waals surface area contributed by atoms with Crippen molar-refractivity contribution in [1.29, 1.82) is 0 Å². The van der Waals surface area contributed by atoms with Crippen LogP contribution in [0.5, 0.6) is 0 Å². The summed E-state index contributed by atoms with van der Waals surface area (Å²) >= 11 is 0. The van der Waals surface area contributed by atoms with Crippen molar-refractivity contribution >= 4 is 40.9 Å². The first-order valence-electron chi connectivity index (χ1n) is 19.8. The molecule has 3 fully saturated rings. The number of piperazine rings is 1. The molecule has 1 saturated carbocycles. The largest absolute Gasteiger partial charge is 0.369 e. The highest BCUT2D eigenvalue weighted by Gasteiger charge is 2.29. The van der Waals surface area contributed by atoms with Crippen LogP contribution in [0.25, 0.3) is 11.0 Å². The van der Waals surface area contributed by atoms with E-state index in [1.807, 2.05) is 12.3 Å². The molecule has 3 atom stereocenters. The molecule has 13 nitrogen and oxygen atoms in total. The number of likely N-dealkylation sites (tertiary alicyclic amines) is 1. The Labute approximate surface area is 318 Å². The molecule has 2 aromatic heterocycles. The lowest BCUT2D eigenvalue weighted by Gasteiger charge is -2.44. The fourth-order valence-electron chi connectivity index (χ4n) is 8.59. The van der Waals surface area contributed by atoms with Crippen molar-refractivity contribution in [3.8, 4) is 0 Å². The summed E-state index contributed by atoms with van der Waals surface area (Å²) in [7, 11) is 3.59. The van der Waals surface area contributed by atoms with Crippen LogP contribution >= 0.6 is 0 Å². The molecule has 54 heavy (non-hydrogen) atoms. The number of imide groups is 1. The van der Waals surface area contributed by atoms with Crippen LogP contribution in [-0.2, 0) is 9.59 Å². The predicted molar refractivity (Wildman–Crippen MR) is 212 cm³/mol. The van der Waals surface area contributed by atoms with E-state index in [9.17, 15) is 14.4 Å². The van der Waals surface area contributed by atoms with Crippen LogP contribution in [0.4, 0.5) is 11.6 Å². The Bertz CT molecular complexity index is 1840. The minimum absolute atomic E-state index is 0.00410. The molecule has 13 heteroatoms. The quantitative estimate of drug-likeness (QED) is 0.216. The Kier molecular flexibility index (Phi) is 11.9. The molecule has 0 radical (unpaired) electrons. The van der Waals surface area contributed by atoms with Crippen molar-refractivity contribution < 1.29 is 14.4 Å². The number of fused-ring (bicyclic) bond motifs is 1. The summed E-state index contributed by atoms with van der Waals surface area (Å²) in [5, 5.41) is 10.1. The van der Waals surface area contributed by atoms with E-state index in [-0.39, 0.29) is 29.9 Å². The number of nitrogens with one attached hydrogen (secondary N) is 3. The SMILES string of the molecule is CC(CCC(=O)NC=O)c1ccc(N2CCN(C3CCCN(CC4=CNC(Nc5ncc6cc(C(=O)N(C)C)n(C7CCCC7)c6n5)C=C4)C3)CC2)cc1. The maximum Gasteiger partial charge on any atom is 0.270 e. The van der Waals surface area contributed by atoms with E-state index < -0.39 is 0 Å². The Morgan fingerprint density at radius 2 is 1.78 bits per heavy atom. The predicted octanol–water partition coefficient (Wildman–Crippen LogP) is 4.47. The molecule has 3 unspecified atom stereocenters. The summed E-state index contributed by atoms with van der Waals surface area (Å²) in [5.41, 5.74) is 5.24. The standard InChI is InChI=1S/C41H56N10O3/c1-29(10-17-38(53)44-28-52)31-12-14-33(15-13-31)49-19-21-50(22-20-49)35-9-6-18-48(27-35)26-30-11-16-37(42-24-30)45-41-43-25-32-23-36(40(54)47(2)3)51(39(32)46-41)34-7-4-5-8-34/h11-16,23-25,28-29,34-35,37,42H,4-10,17-22,26-27H2,1-3H3,(H,43,45,46)(H,44,52,53). The van der Waals surface area contributed by atoms with E-state index in [2.05, 4.69) is 89.7 Å². The summed E-state index contributed by atoms with van der Waals surface area (Å²) in [6, 6.07) is 11.6. The molecule has 3 aliphatic heterocycles. The van der Waals surface area contributed by atoms with Gasteiger partial charge in [0.2, 0.25) is 18.3 Å². The Morgan fingerprint density at radius 3 is 2.48 bits per heavy atom. The third kappa shape index (κ3) is 8.79. The average molecular weight is 737 g/mol. The summed E-state index contributed by atoms with van der Waals surface area (Å²) in [5.74, 6) is 0.568. The number of piperidine rings is 1. The molecular weight excluding hydrogens is 681 g/mol. The molecule has 3 N–H and O–H groups in total. The first kappa shape index (κ1) is 37.6. The van der Waals surface area contributed by atoms with Gasteiger partial charge in [-0.05, 0) is 80.0 Å². The smallest absolute Gasteiger partial charge is 0.270 e. The van der Waals surface area contributed by atoms with E-state index in [1.54, 1.807) is 19.0 Å².